The summed E-state index contributed by atoms with van der Waals surface area (Å²) >= 11 is 1.69. The number of esters is 1. The molecule has 7 heteroatoms. The summed E-state index contributed by atoms with van der Waals surface area (Å²) in [6.07, 6.45) is 4.67. The quantitative estimate of drug-likeness (QED) is 0.800. The number of rotatable bonds is 3. The second-order valence-electron chi connectivity index (χ2n) is 5.81. The highest BCUT2D eigenvalue weighted by Gasteiger charge is 2.28. The van der Waals surface area contributed by atoms with Crippen molar-refractivity contribution in [1.82, 2.24) is 14.9 Å². The predicted octanol–water partition coefficient (Wildman–Crippen LogP) is 2.65. The number of amides is 1. The van der Waals surface area contributed by atoms with Crippen molar-refractivity contribution >= 4 is 23.2 Å². The summed E-state index contributed by atoms with van der Waals surface area (Å²) < 4.78 is 4.74. The van der Waals surface area contributed by atoms with Gasteiger partial charge in [-0.15, -0.1) is 11.3 Å². The Hall–Kier alpha value is -2.28. The number of aryl methyl sites for hydroxylation is 1. The molecule has 0 aliphatic carbocycles. The van der Waals surface area contributed by atoms with Gasteiger partial charge in [0.2, 0.25) is 0 Å². The summed E-state index contributed by atoms with van der Waals surface area (Å²) in [6, 6.07) is 1.57. The van der Waals surface area contributed by atoms with E-state index in [1.165, 1.54) is 19.5 Å². The van der Waals surface area contributed by atoms with E-state index in [4.69, 9.17) is 4.74 Å². The van der Waals surface area contributed by atoms with Crippen molar-refractivity contribution in [3.8, 4) is 0 Å². The van der Waals surface area contributed by atoms with Crippen LogP contribution in [-0.4, -0.2) is 46.9 Å². The first-order valence-corrected chi connectivity index (χ1v) is 8.71. The van der Waals surface area contributed by atoms with Gasteiger partial charge in [-0.3, -0.25) is 9.78 Å². The van der Waals surface area contributed by atoms with Crippen LogP contribution >= 0.6 is 11.3 Å². The second kappa shape index (κ2) is 7.09. The molecule has 3 rings (SSSR count). The maximum atomic E-state index is 12.8. The van der Waals surface area contributed by atoms with Gasteiger partial charge in [0.15, 0.2) is 0 Å². The molecule has 0 aromatic carbocycles. The summed E-state index contributed by atoms with van der Waals surface area (Å²) in [5.74, 6) is -0.281. The number of piperidine rings is 1. The van der Waals surface area contributed by atoms with Gasteiger partial charge in [0.05, 0.1) is 23.2 Å². The monoisotopic (exact) mass is 345 g/mol. The highest BCUT2D eigenvalue weighted by Crippen LogP contribution is 2.30. The number of hydrogen-bond donors (Lipinski definition) is 0. The number of ether oxygens (including phenoxy) is 1. The zero-order valence-corrected chi connectivity index (χ0v) is 14.5. The third-order valence-electron chi connectivity index (χ3n) is 4.22. The van der Waals surface area contributed by atoms with E-state index >= 15 is 0 Å². The molecule has 2 aromatic rings. The molecule has 1 saturated heterocycles. The van der Waals surface area contributed by atoms with Crippen LogP contribution in [0.1, 0.15) is 50.2 Å². The van der Waals surface area contributed by atoms with Gasteiger partial charge in [-0.05, 0) is 25.8 Å². The Labute approximate surface area is 144 Å². The Morgan fingerprint density at radius 1 is 1.29 bits per heavy atom. The van der Waals surface area contributed by atoms with Crippen LogP contribution in [0, 0.1) is 6.92 Å². The molecule has 0 spiro atoms. The van der Waals surface area contributed by atoms with E-state index in [0.717, 1.165) is 23.5 Å². The van der Waals surface area contributed by atoms with Gasteiger partial charge in [-0.1, -0.05) is 0 Å². The van der Waals surface area contributed by atoms with Crippen LogP contribution in [0.5, 0.6) is 0 Å². The maximum Gasteiger partial charge on any atom is 0.340 e. The lowest BCUT2D eigenvalue weighted by Gasteiger charge is -2.31. The second-order valence-corrected chi connectivity index (χ2v) is 6.70. The van der Waals surface area contributed by atoms with E-state index in [9.17, 15) is 9.59 Å². The van der Waals surface area contributed by atoms with Gasteiger partial charge in [0.25, 0.3) is 5.91 Å². The number of hydrogen-bond acceptors (Lipinski definition) is 6. The van der Waals surface area contributed by atoms with Crippen LogP contribution in [0.15, 0.2) is 23.8 Å². The highest BCUT2D eigenvalue weighted by atomic mass is 32.1. The molecule has 0 atom stereocenters. The normalized spacial score (nSPS) is 15.3. The Morgan fingerprint density at radius 3 is 2.67 bits per heavy atom. The van der Waals surface area contributed by atoms with Crippen molar-refractivity contribution in [3.63, 3.8) is 0 Å². The molecule has 126 valence electrons. The largest absolute Gasteiger partial charge is 0.465 e. The Bertz CT molecular complexity index is 751. The van der Waals surface area contributed by atoms with Gasteiger partial charge < -0.3 is 9.64 Å². The van der Waals surface area contributed by atoms with Crippen molar-refractivity contribution in [3.05, 3.63) is 45.7 Å². The SMILES string of the molecule is COC(=O)c1cnccc1C(=O)N1CCC(c2nc(C)cs2)CC1. The molecule has 0 saturated carbocycles. The molecule has 1 aliphatic heterocycles. The molecule has 6 nitrogen and oxygen atoms in total. The fraction of sp³-hybridized carbons (Fsp3) is 0.412. The molecule has 1 aliphatic rings. The van der Waals surface area contributed by atoms with E-state index < -0.39 is 5.97 Å². The lowest BCUT2D eigenvalue weighted by molar-refractivity contribution is 0.0586. The summed E-state index contributed by atoms with van der Waals surface area (Å²) in [4.78, 5) is 34.9. The van der Waals surface area contributed by atoms with Gasteiger partial charge in [0, 0.05) is 42.5 Å². The summed E-state index contributed by atoms with van der Waals surface area (Å²) in [5.41, 5.74) is 1.61. The van der Waals surface area contributed by atoms with Crippen molar-refractivity contribution < 1.29 is 14.3 Å². The van der Waals surface area contributed by atoms with Crippen LogP contribution < -0.4 is 0 Å². The molecule has 0 unspecified atom stereocenters. The van der Waals surface area contributed by atoms with Gasteiger partial charge >= 0.3 is 5.97 Å². The smallest absolute Gasteiger partial charge is 0.340 e. The van der Waals surface area contributed by atoms with E-state index in [1.807, 2.05) is 6.92 Å². The maximum absolute atomic E-state index is 12.8. The number of carbonyl (C=O) groups excluding carboxylic acids is 2. The fourth-order valence-electron chi connectivity index (χ4n) is 2.91. The minimum absolute atomic E-state index is 0.147. The minimum Gasteiger partial charge on any atom is -0.465 e. The third kappa shape index (κ3) is 3.31. The van der Waals surface area contributed by atoms with Crippen LogP contribution in [0.25, 0.3) is 0 Å². The number of nitrogens with zero attached hydrogens (tertiary/aromatic N) is 3. The molecule has 24 heavy (non-hydrogen) atoms. The van der Waals surface area contributed by atoms with Crippen LogP contribution in [0.4, 0.5) is 0 Å². The average molecular weight is 345 g/mol. The number of likely N-dealkylation sites (tertiary alicyclic amines) is 1. The molecule has 3 heterocycles. The van der Waals surface area contributed by atoms with E-state index in [1.54, 1.807) is 22.3 Å². The molecule has 0 bridgehead atoms. The van der Waals surface area contributed by atoms with E-state index in [-0.39, 0.29) is 11.5 Å². The minimum atomic E-state index is -0.542. The molecule has 0 radical (unpaired) electrons. The lowest BCUT2D eigenvalue weighted by atomic mass is 9.96. The summed E-state index contributed by atoms with van der Waals surface area (Å²) in [7, 11) is 1.30. The Morgan fingerprint density at radius 2 is 2.04 bits per heavy atom. The van der Waals surface area contributed by atoms with Crippen molar-refractivity contribution in [2.45, 2.75) is 25.7 Å². The number of methoxy groups -OCH3 is 1. The number of thiazole rings is 1. The summed E-state index contributed by atoms with van der Waals surface area (Å²) in [6.45, 7) is 3.31. The number of pyridine rings is 1. The first-order chi connectivity index (χ1) is 11.6. The van der Waals surface area contributed by atoms with Crippen molar-refractivity contribution in [2.24, 2.45) is 0 Å². The molecule has 1 fully saturated rings. The molecular formula is C17H19N3O3S. The third-order valence-corrected chi connectivity index (χ3v) is 5.35. The predicted molar refractivity (Wildman–Crippen MR) is 90.3 cm³/mol. The Balaban J connectivity index is 1.71. The number of aromatic nitrogens is 2. The first kappa shape index (κ1) is 16.6. The van der Waals surface area contributed by atoms with Gasteiger partial charge in [0.1, 0.15) is 0 Å². The Kier molecular flexibility index (Phi) is 4.89. The van der Waals surface area contributed by atoms with Gasteiger partial charge in [-0.25, -0.2) is 9.78 Å². The summed E-state index contributed by atoms with van der Waals surface area (Å²) in [5, 5.41) is 3.21. The van der Waals surface area contributed by atoms with Crippen LogP contribution in [-0.2, 0) is 4.74 Å². The zero-order valence-electron chi connectivity index (χ0n) is 13.7. The molecule has 2 aromatic heterocycles. The lowest BCUT2D eigenvalue weighted by Crippen LogP contribution is -2.38. The molecule has 1 amide bonds. The average Bonchev–Trinajstić information content (AvgIpc) is 3.07. The van der Waals surface area contributed by atoms with Crippen molar-refractivity contribution in [2.75, 3.05) is 20.2 Å². The zero-order chi connectivity index (χ0) is 17.1. The fourth-order valence-corrected chi connectivity index (χ4v) is 3.88. The molecular weight excluding hydrogens is 326 g/mol. The topological polar surface area (TPSA) is 72.4 Å². The highest BCUT2D eigenvalue weighted by molar-refractivity contribution is 7.09. The molecule has 0 N–H and O–H groups in total. The van der Waals surface area contributed by atoms with E-state index in [0.29, 0.717) is 24.6 Å². The van der Waals surface area contributed by atoms with Crippen molar-refractivity contribution in [1.29, 1.82) is 0 Å². The first-order valence-electron chi connectivity index (χ1n) is 7.83. The van der Waals surface area contributed by atoms with Crippen LogP contribution in [0.2, 0.25) is 0 Å². The van der Waals surface area contributed by atoms with Crippen LogP contribution in [0.3, 0.4) is 0 Å². The van der Waals surface area contributed by atoms with E-state index in [2.05, 4.69) is 15.3 Å². The number of carbonyl (C=O) groups is 2. The van der Waals surface area contributed by atoms with Gasteiger partial charge in [-0.2, -0.15) is 0 Å². The standard InChI is InChI=1S/C17H19N3O3S/c1-11-10-24-15(19-11)12-4-7-20(8-5-12)16(21)13-3-6-18-9-14(13)17(22)23-2/h3,6,9-10,12H,4-5,7-8H2,1-2H3.